The zero-order valence-electron chi connectivity index (χ0n) is 10.4. The first kappa shape index (κ1) is 11.6. The average Bonchev–Trinajstić information content (AvgIpc) is 2.34. The molecule has 0 spiro atoms. The molecule has 3 nitrogen and oxygen atoms in total. The molecule has 1 unspecified atom stereocenters. The van der Waals surface area contributed by atoms with Gasteiger partial charge in [0, 0.05) is 6.04 Å². The van der Waals surface area contributed by atoms with Crippen LogP contribution < -0.4 is 5.32 Å². The van der Waals surface area contributed by atoms with E-state index in [1.807, 2.05) is 0 Å². The normalized spacial score (nSPS) is 12.2. The van der Waals surface area contributed by atoms with Crippen LogP contribution in [0.1, 0.15) is 29.7 Å². The summed E-state index contributed by atoms with van der Waals surface area (Å²) in [5.41, 5.74) is 4.86. The standard InChI is InChI=1S/C14H17N3/c1-10-4-5-13(6-11(10)2)12(3)17-14-7-15-9-16-8-14/h4-9,12,17H,1-3H3. The Hall–Kier alpha value is -1.90. The monoisotopic (exact) mass is 227 g/mol. The van der Waals surface area contributed by atoms with Crippen molar-refractivity contribution in [2.45, 2.75) is 26.8 Å². The number of rotatable bonds is 3. The largest absolute Gasteiger partial charge is 0.376 e. The van der Waals surface area contributed by atoms with Gasteiger partial charge < -0.3 is 5.32 Å². The van der Waals surface area contributed by atoms with Gasteiger partial charge in [0.2, 0.25) is 0 Å². The first-order chi connectivity index (χ1) is 8.16. The third-order valence-corrected chi connectivity index (χ3v) is 2.97. The van der Waals surface area contributed by atoms with Gasteiger partial charge in [-0.3, -0.25) is 0 Å². The Morgan fingerprint density at radius 2 is 1.76 bits per heavy atom. The van der Waals surface area contributed by atoms with E-state index >= 15 is 0 Å². The summed E-state index contributed by atoms with van der Waals surface area (Å²) in [4.78, 5) is 7.98. The maximum Gasteiger partial charge on any atom is 0.115 e. The number of anilines is 1. The van der Waals surface area contributed by atoms with E-state index in [1.54, 1.807) is 12.4 Å². The lowest BCUT2D eigenvalue weighted by atomic mass is 10.0. The molecule has 0 aliphatic carbocycles. The molecular formula is C14H17N3. The van der Waals surface area contributed by atoms with E-state index in [2.05, 4.69) is 54.3 Å². The van der Waals surface area contributed by atoms with Gasteiger partial charge in [0.1, 0.15) is 6.33 Å². The van der Waals surface area contributed by atoms with Gasteiger partial charge in [0.15, 0.2) is 0 Å². The van der Waals surface area contributed by atoms with E-state index in [4.69, 9.17) is 0 Å². The quantitative estimate of drug-likeness (QED) is 0.874. The van der Waals surface area contributed by atoms with Gasteiger partial charge >= 0.3 is 0 Å². The zero-order valence-corrected chi connectivity index (χ0v) is 10.4. The second-order valence-electron chi connectivity index (χ2n) is 4.34. The molecule has 88 valence electrons. The molecular weight excluding hydrogens is 210 g/mol. The fourth-order valence-corrected chi connectivity index (χ4v) is 1.74. The minimum atomic E-state index is 0.250. The minimum Gasteiger partial charge on any atom is -0.376 e. The molecule has 0 amide bonds. The smallest absolute Gasteiger partial charge is 0.115 e. The van der Waals surface area contributed by atoms with Gasteiger partial charge in [-0.1, -0.05) is 18.2 Å². The Morgan fingerprint density at radius 1 is 1.06 bits per heavy atom. The molecule has 1 N–H and O–H groups in total. The van der Waals surface area contributed by atoms with Gasteiger partial charge in [0.25, 0.3) is 0 Å². The summed E-state index contributed by atoms with van der Waals surface area (Å²) in [7, 11) is 0. The first-order valence-corrected chi connectivity index (χ1v) is 5.75. The molecule has 0 bridgehead atoms. The zero-order chi connectivity index (χ0) is 12.3. The van der Waals surface area contributed by atoms with E-state index in [0.717, 1.165) is 5.69 Å². The summed E-state index contributed by atoms with van der Waals surface area (Å²) in [6, 6.07) is 6.78. The average molecular weight is 227 g/mol. The van der Waals surface area contributed by atoms with Crippen LogP contribution in [0.5, 0.6) is 0 Å². The molecule has 0 saturated heterocycles. The van der Waals surface area contributed by atoms with E-state index in [1.165, 1.54) is 23.0 Å². The van der Waals surface area contributed by atoms with Crippen molar-refractivity contribution in [3.05, 3.63) is 53.6 Å². The third kappa shape index (κ3) is 2.81. The van der Waals surface area contributed by atoms with Crippen LogP contribution in [-0.2, 0) is 0 Å². The molecule has 1 heterocycles. The number of aromatic nitrogens is 2. The topological polar surface area (TPSA) is 37.8 Å². The van der Waals surface area contributed by atoms with Crippen molar-refractivity contribution < 1.29 is 0 Å². The first-order valence-electron chi connectivity index (χ1n) is 5.75. The van der Waals surface area contributed by atoms with Crippen LogP contribution >= 0.6 is 0 Å². The number of hydrogen-bond donors (Lipinski definition) is 1. The van der Waals surface area contributed by atoms with Crippen LogP contribution in [0.25, 0.3) is 0 Å². The molecule has 3 heteroatoms. The number of hydrogen-bond acceptors (Lipinski definition) is 3. The van der Waals surface area contributed by atoms with Crippen LogP contribution in [-0.4, -0.2) is 9.97 Å². The van der Waals surface area contributed by atoms with Crippen molar-refractivity contribution in [1.82, 2.24) is 9.97 Å². The number of nitrogens with one attached hydrogen (secondary N) is 1. The van der Waals surface area contributed by atoms with Gasteiger partial charge in [0.05, 0.1) is 18.1 Å². The highest BCUT2D eigenvalue weighted by Crippen LogP contribution is 2.20. The summed E-state index contributed by atoms with van der Waals surface area (Å²) in [5.74, 6) is 0. The minimum absolute atomic E-state index is 0.250. The molecule has 0 saturated carbocycles. The molecule has 0 aliphatic heterocycles. The van der Waals surface area contributed by atoms with Crippen LogP contribution in [0.3, 0.4) is 0 Å². The van der Waals surface area contributed by atoms with Crippen molar-refractivity contribution in [3.8, 4) is 0 Å². The molecule has 2 rings (SSSR count). The van der Waals surface area contributed by atoms with Crippen LogP contribution in [0, 0.1) is 13.8 Å². The van der Waals surface area contributed by atoms with E-state index in [9.17, 15) is 0 Å². The maximum absolute atomic E-state index is 3.99. The number of benzene rings is 1. The van der Waals surface area contributed by atoms with Crippen molar-refractivity contribution in [2.75, 3.05) is 5.32 Å². The summed E-state index contributed by atoms with van der Waals surface area (Å²) < 4.78 is 0. The highest BCUT2D eigenvalue weighted by atomic mass is 15.0. The SMILES string of the molecule is Cc1ccc(C(C)Nc2cncnc2)cc1C. The fraction of sp³-hybridized carbons (Fsp3) is 0.286. The lowest BCUT2D eigenvalue weighted by Crippen LogP contribution is -2.07. The Morgan fingerprint density at radius 3 is 2.41 bits per heavy atom. The van der Waals surface area contributed by atoms with E-state index < -0.39 is 0 Å². The van der Waals surface area contributed by atoms with Crippen molar-refractivity contribution in [2.24, 2.45) is 0 Å². The van der Waals surface area contributed by atoms with E-state index in [0.29, 0.717) is 0 Å². The molecule has 0 fully saturated rings. The van der Waals surface area contributed by atoms with Crippen LogP contribution in [0.2, 0.25) is 0 Å². The maximum atomic E-state index is 3.99. The van der Waals surface area contributed by atoms with Crippen LogP contribution in [0.4, 0.5) is 5.69 Å². The van der Waals surface area contributed by atoms with Crippen molar-refractivity contribution in [3.63, 3.8) is 0 Å². The third-order valence-electron chi connectivity index (χ3n) is 2.97. The number of nitrogens with zero attached hydrogens (tertiary/aromatic N) is 2. The van der Waals surface area contributed by atoms with Gasteiger partial charge in [-0.15, -0.1) is 0 Å². The predicted octanol–water partition coefficient (Wildman–Crippen LogP) is 3.27. The predicted molar refractivity (Wildman–Crippen MR) is 70.0 cm³/mol. The molecule has 1 aromatic heterocycles. The second kappa shape index (κ2) is 4.95. The number of aryl methyl sites for hydroxylation is 2. The van der Waals surface area contributed by atoms with Crippen LogP contribution in [0.15, 0.2) is 36.9 Å². The molecule has 2 aromatic rings. The Labute approximate surface area is 102 Å². The molecule has 0 aliphatic rings. The molecule has 1 aromatic carbocycles. The highest BCUT2D eigenvalue weighted by molar-refractivity contribution is 5.42. The van der Waals surface area contributed by atoms with Crippen molar-refractivity contribution in [1.29, 1.82) is 0 Å². The fourth-order valence-electron chi connectivity index (χ4n) is 1.74. The lowest BCUT2D eigenvalue weighted by Gasteiger charge is -2.16. The summed E-state index contributed by atoms with van der Waals surface area (Å²) in [6.07, 6.45) is 5.10. The Bertz CT molecular complexity index is 494. The summed E-state index contributed by atoms with van der Waals surface area (Å²) >= 11 is 0. The van der Waals surface area contributed by atoms with E-state index in [-0.39, 0.29) is 6.04 Å². The summed E-state index contributed by atoms with van der Waals surface area (Å²) in [5, 5.41) is 3.38. The lowest BCUT2D eigenvalue weighted by molar-refractivity contribution is 0.877. The van der Waals surface area contributed by atoms with Gasteiger partial charge in [-0.25, -0.2) is 9.97 Å². The molecule has 17 heavy (non-hydrogen) atoms. The molecule has 0 radical (unpaired) electrons. The Balaban J connectivity index is 2.14. The van der Waals surface area contributed by atoms with Gasteiger partial charge in [-0.05, 0) is 37.5 Å². The van der Waals surface area contributed by atoms with Gasteiger partial charge in [-0.2, -0.15) is 0 Å². The van der Waals surface area contributed by atoms with Crippen molar-refractivity contribution >= 4 is 5.69 Å². The molecule has 1 atom stereocenters. The second-order valence-corrected chi connectivity index (χ2v) is 4.34. The Kier molecular flexibility index (Phi) is 3.38. The summed E-state index contributed by atoms with van der Waals surface area (Å²) in [6.45, 7) is 6.40. The highest BCUT2D eigenvalue weighted by Gasteiger charge is 2.06.